The highest BCUT2D eigenvalue weighted by atomic mass is 16.6. The maximum absolute atomic E-state index is 11.7. The number of nitrogens with one attached hydrogen (secondary N) is 1. The molecule has 1 aliphatic rings. The molecule has 15 heavy (non-hydrogen) atoms. The zero-order chi connectivity index (χ0) is 11.6. The SMILES string of the molecule is CC(C)(C)C(OC(N)=O)C(=O)NC1CC1. The number of carbonyl (C=O) groups is 2. The summed E-state index contributed by atoms with van der Waals surface area (Å²) >= 11 is 0. The first-order valence-corrected chi connectivity index (χ1v) is 5.07. The summed E-state index contributed by atoms with van der Waals surface area (Å²) in [6.07, 6.45) is 0.259. The molecule has 5 nitrogen and oxygen atoms in total. The predicted molar refractivity (Wildman–Crippen MR) is 55.1 cm³/mol. The van der Waals surface area contributed by atoms with Gasteiger partial charge in [-0.25, -0.2) is 4.79 Å². The molecule has 0 bridgehead atoms. The van der Waals surface area contributed by atoms with Crippen LogP contribution in [-0.4, -0.2) is 24.1 Å². The van der Waals surface area contributed by atoms with Gasteiger partial charge in [0.25, 0.3) is 5.91 Å². The summed E-state index contributed by atoms with van der Waals surface area (Å²) in [5.41, 5.74) is 4.48. The first-order chi connectivity index (χ1) is 6.80. The summed E-state index contributed by atoms with van der Waals surface area (Å²) in [7, 11) is 0. The van der Waals surface area contributed by atoms with Gasteiger partial charge in [0.05, 0.1) is 0 Å². The van der Waals surface area contributed by atoms with E-state index in [-0.39, 0.29) is 11.9 Å². The third-order valence-corrected chi connectivity index (χ3v) is 2.18. The third kappa shape index (κ3) is 3.77. The van der Waals surface area contributed by atoms with Crippen LogP contribution in [0.1, 0.15) is 33.6 Å². The number of primary amides is 1. The molecule has 1 unspecified atom stereocenters. The molecule has 1 saturated carbocycles. The summed E-state index contributed by atoms with van der Waals surface area (Å²) < 4.78 is 4.83. The lowest BCUT2D eigenvalue weighted by Gasteiger charge is -2.28. The second-order valence-electron chi connectivity index (χ2n) is 4.97. The Morgan fingerprint density at radius 1 is 1.40 bits per heavy atom. The van der Waals surface area contributed by atoms with Crippen LogP contribution in [0.5, 0.6) is 0 Å². The second-order valence-corrected chi connectivity index (χ2v) is 4.97. The van der Waals surface area contributed by atoms with Gasteiger partial charge in [0.15, 0.2) is 6.10 Å². The number of ether oxygens (including phenoxy) is 1. The van der Waals surface area contributed by atoms with Gasteiger partial charge >= 0.3 is 6.09 Å². The number of nitrogens with two attached hydrogens (primary N) is 1. The molecule has 2 amide bonds. The predicted octanol–water partition coefficient (Wildman–Crippen LogP) is 0.775. The van der Waals surface area contributed by atoms with E-state index in [2.05, 4.69) is 5.32 Å². The van der Waals surface area contributed by atoms with Gasteiger partial charge in [-0.15, -0.1) is 0 Å². The molecular formula is C10H18N2O3. The summed E-state index contributed by atoms with van der Waals surface area (Å²) in [6, 6.07) is 0.249. The van der Waals surface area contributed by atoms with Gasteiger partial charge in [0.2, 0.25) is 0 Å². The Bertz CT molecular complexity index is 266. The van der Waals surface area contributed by atoms with Crippen molar-refractivity contribution >= 4 is 12.0 Å². The van der Waals surface area contributed by atoms with Crippen LogP contribution in [0.3, 0.4) is 0 Å². The van der Waals surface area contributed by atoms with Crippen molar-refractivity contribution in [2.75, 3.05) is 0 Å². The summed E-state index contributed by atoms with van der Waals surface area (Å²) in [5, 5.41) is 2.79. The molecule has 0 heterocycles. The molecular weight excluding hydrogens is 196 g/mol. The fourth-order valence-corrected chi connectivity index (χ4v) is 1.24. The lowest BCUT2D eigenvalue weighted by Crippen LogP contribution is -2.47. The molecule has 1 atom stereocenters. The highest BCUT2D eigenvalue weighted by Gasteiger charge is 2.37. The van der Waals surface area contributed by atoms with E-state index in [1.165, 1.54) is 0 Å². The van der Waals surface area contributed by atoms with Gasteiger partial charge in [0, 0.05) is 11.5 Å². The lowest BCUT2D eigenvalue weighted by atomic mass is 9.88. The van der Waals surface area contributed by atoms with Crippen molar-refractivity contribution in [3.05, 3.63) is 0 Å². The Morgan fingerprint density at radius 2 is 1.93 bits per heavy atom. The largest absolute Gasteiger partial charge is 0.436 e. The van der Waals surface area contributed by atoms with Gasteiger partial charge in [-0.05, 0) is 12.8 Å². The van der Waals surface area contributed by atoms with E-state index in [4.69, 9.17) is 10.5 Å². The molecule has 1 aliphatic carbocycles. The molecule has 0 aromatic heterocycles. The van der Waals surface area contributed by atoms with Gasteiger partial charge in [-0.2, -0.15) is 0 Å². The Kier molecular flexibility index (Phi) is 3.21. The number of hydrogen-bond donors (Lipinski definition) is 2. The quantitative estimate of drug-likeness (QED) is 0.728. The minimum Gasteiger partial charge on any atom is -0.436 e. The van der Waals surface area contributed by atoms with E-state index >= 15 is 0 Å². The summed E-state index contributed by atoms with van der Waals surface area (Å²) in [5.74, 6) is -0.260. The van der Waals surface area contributed by atoms with E-state index in [0.717, 1.165) is 12.8 Å². The number of carbonyl (C=O) groups excluding carboxylic acids is 2. The van der Waals surface area contributed by atoms with Crippen LogP contribution in [0.25, 0.3) is 0 Å². The topological polar surface area (TPSA) is 81.4 Å². The number of rotatable bonds is 3. The molecule has 3 N–H and O–H groups in total. The standard InChI is InChI=1S/C10H18N2O3/c1-10(2,3)7(15-9(11)14)8(13)12-6-4-5-6/h6-7H,4-5H2,1-3H3,(H2,11,14)(H,12,13). The van der Waals surface area contributed by atoms with Crippen molar-refractivity contribution in [1.82, 2.24) is 5.32 Å². The van der Waals surface area contributed by atoms with E-state index in [9.17, 15) is 9.59 Å². The zero-order valence-corrected chi connectivity index (χ0v) is 9.37. The molecule has 0 aromatic carbocycles. The van der Waals surface area contributed by atoms with Crippen LogP contribution in [0, 0.1) is 5.41 Å². The van der Waals surface area contributed by atoms with Crippen LogP contribution < -0.4 is 11.1 Å². The van der Waals surface area contributed by atoms with E-state index in [1.54, 1.807) is 0 Å². The second kappa shape index (κ2) is 4.08. The first kappa shape index (κ1) is 11.8. The van der Waals surface area contributed by atoms with Crippen LogP contribution in [0.15, 0.2) is 0 Å². The van der Waals surface area contributed by atoms with E-state index < -0.39 is 17.6 Å². The van der Waals surface area contributed by atoms with Gasteiger partial charge in [-0.3, -0.25) is 4.79 Å². The maximum atomic E-state index is 11.7. The van der Waals surface area contributed by atoms with E-state index in [0.29, 0.717) is 0 Å². The van der Waals surface area contributed by atoms with Crippen LogP contribution in [-0.2, 0) is 9.53 Å². The summed E-state index contributed by atoms with van der Waals surface area (Å²) in [6.45, 7) is 5.48. The summed E-state index contributed by atoms with van der Waals surface area (Å²) in [4.78, 5) is 22.4. The Morgan fingerprint density at radius 3 is 2.27 bits per heavy atom. The van der Waals surface area contributed by atoms with Gasteiger partial charge < -0.3 is 15.8 Å². The molecule has 0 spiro atoms. The van der Waals surface area contributed by atoms with Crippen LogP contribution in [0.4, 0.5) is 4.79 Å². The minimum atomic E-state index is -0.916. The number of hydrogen-bond acceptors (Lipinski definition) is 3. The monoisotopic (exact) mass is 214 g/mol. The van der Waals surface area contributed by atoms with Crippen molar-refractivity contribution < 1.29 is 14.3 Å². The van der Waals surface area contributed by atoms with Crippen molar-refractivity contribution in [2.45, 2.75) is 45.8 Å². The normalized spacial score (nSPS) is 18.1. The molecule has 0 aromatic rings. The maximum Gasteiger partial charge on any atom is 0.405 e. The molecule has 1 rings (SSSR count). The highest BCUT2D eigenvalue weighted by molar-refractivity contribution is 5.84. The Labute approximate surface area is 89.3 Å². The highest BCUT2D eigenvalue weighted by Crippen LogP contribution is 2.25. The lowest BCUT2D eigenvalue weighted by molar-refractivity contribution is -0.134. The van der Waals surface area contributed by atoms with Crippen molar-refractivity contribution in [3.63, 3.8) is 0 Å². The first-order valence-electron chi connectivity index (χ1n) is 5.07. The average Bonchev–Trinajstić information content (AvgIpc) is 2.81. The molecule has 0 saturated heterocycles. The van der Waals surface area contributed by atoms with Crippen LogP contribution in [0.2, 0.25) is 0 Å². The average molecular weight is 214 g/mol. The molecule has 0 radical (unpaired) electrons. The van der Waals surface area contributed by atoms with Crippen molar-refractivity contribution in [3.8, 4) is 0 Å². The smallest absolute Gasteiger partial charge is 0.405 e. The van der Waals surface area contributed by atoms with Gasteiger partial charge in [-0.1, -0.05) is 20.8 Å². The third-order valence-electron chi connectivity index (χ3n) is 2.18. The molecule has 5 heteroatoms. The van der Waals surface area contributed by atoms with E-state index in [1.807, 2.05) is 20.8 Å². The zero-order valence-electron chi connectivity index (χ0n) is 9.37. The fourth-order valence-electron chi connectivity index (χ4n) is 1.24. The van der Waals surface area contributed by atoms with Crippen molar-refractivity contribution in [1.29, 1.82) is 0 Å². The van der Waals surface area contributed by atoms with Gasteiger partial charge in [0.1, 0.15) is 0 Å². The molecule has 1 fully saturated rings. The van der Waals surface area contributed by atoms with Crippen LogP contribution >= 0.6 is 0 Å². The van der Waals surface area contributed by atoms with Crippen molar-refractivity contribution in [2.24, 2.45) is 11.1 Å². The minimum absolute atomic E-state index is 0.249. The Hall–Kier alpha value is -1.26. The fraction of sp³-hybridized carbons (Fsp3) is 0.800. The molecule has 0 aliphatic heterocycles. The Balaban J connectivity index is 2.61. The molecule has 86 valence electrons. The number of amides is 2.